The third-order valence-electron chi connectivity index (χ3n) is 6.95. The van der Waals surface area contributed by atoms with Crippen molar-refractivity contribution in [3.05, 3.63) is 90.0 Å². The van der Waals surface area contributed by atoms with Crippen LogP contribution in [-0.4, -0.2) is 34.4 Å². The van der Waals surface area contributed by atoms with E-state index in [4.69, 9.17) is 4.74 Å². The van der Waals surface area contributed by atoms with Crippen molar-refractivity contribution in [2.75, 3.05) is 19.9 Å². The number of hydrogen-bond donors (Lipinski definition) is 2. The number of benzene rings is 3. The van der Waals surface area contributed by atoms with Crippen LogP contribution < -0.4 is 14.8 Å². The minimum Gasteiger partial charge on any atom is -0.497 e. The molecule has 0 aromatic heterocycles. The van der Waals surface area contributed by atoms with Gasteiger partial charge in [-0.05, 0) is 60.1 Å². The first-order chi connectivity index (χ1) is 16.4. The maximum absolute atomic E-state index is 11.9. The molecule has 0 unspecified atom stereocenters. The maximum Gasteiger partial charge on any atom is 0.208 e. The molecule has 2 N–H and O–H groups in total. The van der Waals surface area contributed by atoms with E-state index in [-0.39, 0.29) is 5.41 Å². The minimum absolute atomic E-state index is 0.229. The van der Waals surface area contributed by atoms with Crippen LogP contribution in [0.1, 0.15) is 36.8 Å². The maximum atomic E-state index is 11.9. The van der Waals surface area contributed by atoms with Crippen LogP contribution in [0.2, 0.25) is 0 Å². The predicted octanol–water partition coefficient (Wildman–Crippen LogP) is 4.88. The molecule has 1 fully saturated rings. The normalized spacial score (nSPS) is 20.7. The molecule has 0 spiro atoms. The molecule has 34 heavy (non-hydrogen) atoms. The second kappa shape index (κ2) is 10.7. The van der Waals surface area contributed by atoms with Crippen molar-refractivity contribution < 1.29 is 13.2 Å². The smallest absolute Gasteiger partial charge is 0.208 e. The van der Waals surface area contributed by atoms with Gasteiger partial charge in [0.2, 0.25) is 10.0 Å². The largest absolute Gasteiger partial charge is 0.497 e. The number of sulfonamides is 1. The Hall–Kier alpha value is -2.67. The fourth-order valence-corrected chi connectivity index (χ4v) is 5.41. The Balaban J connectivity index is 1.39. The van der Waals surface area contributed by atoms with Crippen LogP contribution in [0.4, 0.5) is 0 Å². The standard InChI is InChI=1S/C28H34N2O3S/c1-33-27-10-6-9-25(19-27)28(21-30-34(2,31)32)17-15-26(16-18-28)29-20-22-11-13-24(14-12-22)23-7-4-3-5-8-23/h3-14,19,26,29-30H,15-18,20-21H2,1-2H3. The molecule has 0 bridgehead atoms. The highest BCUT2D eigenvalue weighted by molar-refractivity contribution is 7.88. The summed E-state index contributed by atoms with van der Waals surface area (Å²) in [7, 11) is -1.61. The predicted molar refractivity (Wildman–Crippen MR) is 138 cm³/mol. The molecule has 0 atom stereocenters. The molecule has 0 amide bonds. The lowest BCUT2D eigenvalue weighted by Crippen LogP contribution is -2.46. The highest BCUT2D eigenvalue weighted by atomic mass is 32.2. The Morgan fingerprint density at radius 1 is 0.912 bits per heavy atom. The molecule has 3 aromatic rings. The monoisotopic (exact) mass is 478 g/mol. The van der Waals surface area contributed by atoms with Crippen molar-refractivity contribution in [1.29, 1.82) is 0 Å². The number of nitrogens with one attached hydrogen (secondary N) is 2. The average Bonchev–Trinajstić information content (AvgIpc) is 2.87. The van der Waals surface area contributed by atoms with Gasteiger partial charge in [-0.15, -0.1) is 0 Å². The SMILES string of the molecule is COc1cccc(C2(CNS(C)(=O)=O)CCC(NCc3ccc(-c4ccccc4)cc3)CC2)c1. The fourth-order valence-electron chi connectivity index (χ4n) is 4.87. The molecule has 6 heteroatoms. The average molecular weight is 479 g/mol. The first-order valence-corrected chi connectivity index (χ1v) is 13.7. The quantitative estimate of drug-likeness (QED) is 0.460. The summed E-state index contributed by atoms with van der Waals surface area (Å²) in [6, 6.07) is 27.6. The van der Waals surface area contributed by atoms with Crippen LogP contribution in [0.15, 0.2) is 78.9 Å². The minimum atomic E-state index is -3.27. The second-order valence-electron chi connectivity index (χ2n) is 9.32. The molecule has 0 radical (unpaired) electrons. The van der Waals surface area contributed by atoms with Gasteiger partial charge in [-0.1, -0.05) is 66.7 Å². The van der Waals surface area contributed by atoms with Crippen LogP contribution in [0, 0.1) is 0 Å². The molecule has 5 nitrogen and oxygen atoms in total. The third-order valence-corrected chi connectivity index (χ3v) is 7.62. The summed E-state index contributed by atoms with van der Waals surface area (Å²) in [5.74, 6) is 0.801. The van der Waals surface area contributed by atoms with Gasteiger partial charge in [0.15, 0.2) is 0 Å². The summed E-state index contributed by atoms with van der Waals surface area (Å²) < 4.78 is 31.9. The van der Waals surface area contributed by atoms with Gasteiger partial charge in [0.05, 0.1) is 13.4 Å². The number of hydrogen-bond acceptors (Lipinski definition) is 4. The van der Waals surface area contributed by atoms with Gasteiger partial charge >= 0.3 is 0 Å². The molecule has 180 valence electrons. The van der Waals surface area contributed by atoms with Gasteiger partial charge in [-0.3, -0.25) is 0 Å². The van der Waals surface area contributed by atoms with E-state index in [0.29, 0.717) is 12.6 Å². The van der Waals surface area contributed by atoms with E-state index in [0.717, 1.165) is 43.5 Å². The van der Waals surface area contributed by atoms with Gasteiger partial charge in [-0.2, -0.15) is 0 Å². The van der Waals surface area contributed by atoms with E-state index >= 15 is 0 Å². The molecule has 1 saturated carbocycles. The number of methoxy groups -OCH3 is 1. The van der Waals surface area contributed by atoms with E-state index < -0.39 is 10.0 Å². The second-order valence-corrected chi connectivity index (χ2v) is 11.2. The van der Waals surface area contributed by atoms with Crippen LogP contribution in [-0.2, 0) is 22.0 Å². The van der Waals surface area contributed by atoms with E-state index in [1.165, 1.54) is 22.9 Å². The summed E-state index contributed by atoms with van der Waals surface area (Å²) in [6.45, 7) is 1.24. The van der Waals surface area contributed by atoms with Gasteiger partial charge in [0, 0.05) is 24.5 Å². The van der Waals surface area contributed by atoms with Gasteiger partial charge < -0.3 is 10.1 Å². The van der Waals surface area contributed by atoms with Crippen LogP contribution in [0.3, 0.4) is 0 Å². The van der Waals surface area contributed by atoms with Gasteiger partial charge in [0.1, 0.15) is 5.75 Å². The van der Waals surface area contributed by atoms with Crippen molar-refractivity contribution in [1.82, 2.24) is 10.0 Å². The van der Waals surface area contributed by atoms with Crippen LogP contribution in [0.25, 0.3) is 11.1 Å². The Labute approximate surface area is 203 Å². The molecular weight excluding hydrogens is 444 g/mol. The van der Waals surface area contributed by atoms with Crippen LogP contribution >= 0.6 is 0 Å². The summed E-state index contributed by atoms with van der Waals surface area (Å²) in [6.07, 6.45) is 5.03. The topological polar surface area (TPSA) is 67.4 Å². The van der Waals surface area contributed by atoms with Crippen LogP contribution in [0.5, 0.6) is 5.75 Å². The molecule has 0 heterocycles. The Kier molecular flexibility index (Phi) is 7.71. The van der Waals surface area contributed by atoms with Crippen molar-refractivity contribution in [2.45, 2.75) is 43.7 Å². The van der Waals surface area contributed by atoms with Crippen molar-refractivity contribution in [2.24, 2.45) is 0 Å². The highest BCUT2D eigenvalue weighted by Gasteiger charge is 2.37. The fraction of sp³-hybridized carbons (Fsp3) is 0.357. The molecule has 1 aliphatic carbocycles. The zero-order valence-corrected chi connectivity index (χ0v) is 20.8. The molecule has 0 saturated heterocycles. The van der Waals surface area contributed by atoms with Crippen molar-refractivity contribution >= 4 is 10.0 Å². The Morgan fingerprint density at radius 2 is 1.59 bits per heavy atom. The lowest BCUT2D eigenvalue weighted by atomic mass is 9.68. The third kappa shape index (κ3) is 6.26. The number of ether oxygens (including phenoxy) is 1. The lowest BCUT2D eigenvalue weighted by Gasteiger charge is -2.41. The molecule has 0 aliphatic heterocycles. The molecule has 4 rings (SSSR count). The van der Waals surface area contributed by atoms with Crippen molar-refractivity contribution in [3.63, 3.8) is 0 Å². The number of rotatable bonds is 9. The molecule has 3 aromatic carbocycles. The summed E-state index contributed by atoms with van der Waals surface area (Å²) >= 11 is 0. The first-order valence-electron chi connectivity index (χ1n) is 11.8. The summed E-state index contributed by atoms with van der Waals surface area (Å²) in [5.41, 5.74) is 4.63. The van der Waals surface area contributed by atoms with E-state index in [1.54, 1.807) is 7.11 Å². The van der Waals surface area contributed by atoms with E-state index in [2.05, 4.69) is 64.6 Å². The molecular formula is C28H34N2O3S. The van der Waals surface area contributed by atoms with Crippen molar-refractivity contribution in [3.8, 4) is 16.9 Å². The Morgan fingerprint density at radius 3 is 2.24 bits per heavy atom. The summed E-state index contributed by atoms with van der Waals surface area (Å²) in [5, 5.41) is 3.72. The van der Waals surface area contributed by atoms with E-state index in [9.17, 15) is 8.42 Å². The zero-order valence-electron chi connectivity index (χ0n) is 20.0. The van der Waals surface area contributed by atoms with E-state index in [1.807, 2.05) is 24.3 Å². The molecule has 1 aliphatic rings. The van der Waals surface area contributed by atoms with Gasteiger partial charge in [0.25, 0.3) is 0 Å². The highest BCUT2D eigenvalue weighted by Crippen LogP contribution is 2.40. The Bertz CT molecular complexity index is 1170. The lowest BCUT2D eigenvalue weighted by molar-refractivity contribution is 0.245. The zero-order chi connectivity index (χ0) is 24.0. The summed E-state index contributed by atoms with van der Waals surface area (Å²) in [4.78, 5) is 0. The van der Waals surface area contributed by atoms with Gasteiger partial charge in [-0.25, -0.2) is 13.1 Å². The first kappa shape index (κ1) is 24.5.